The number of esters is 2. The normalized spacial score (nSPS) is 11.1. The number of carbonyl (C=O) groups excluding carboxylic acids is 10. The first-order valence-electron chi connectivity index (χ1n) is 37.9. The number of amides is 8. The first-order valence-corrected chi connectivity index (χ1v) is 37.9. The molecule has 0 radical (unpaired) electrons. The number of nitrogens with one attached hydrogen (secondary N) is 8. The summed E-state index contributed by atoms with van der Waals surface area (Å²) in [4.78, 5) is 133. The summed E-state index contributed by atoms with van der Waals surface area (Å²) in [6, 6.07) is 18.8. The van der Waals surface area contributed by atoms with Gasteiger partial charge in [-0.15, -0.1) is 0 Å². The molecule has 0 fully saturated rings. The Hall–Kier alpha value is -7.96. The average Bonchev–Trinajstić information content (AvgIpc) is 0.860. The van der Waals surface area contributed by atoms with E-state index in [4.69, 9.17) is 65.0 Å². The molecule has 0 spiro atoms. The van der Waals surface area contributed by atoms with Crippen LogP contribution in [0.3, 0.4) is 0 Å². The van der Waals surface area contributed by atoms with Crippen molar-refractivity contribution >= 4 is 65.2 Å². The van der Waals surface area contributed by atoms with E-state index < -0.39 is 23.2 Å². The number of carboxylic acid groups (broad SMARTS) is 1. The van der Waals surface area contributed by atoms with Crippen molar-refractivity contribution in [3.8, 4) is 0 Å². The molecule has 34 heteroatoms. The van der Waals surface area contributed by atoms with Crippen LogP contribution < -0.4 is 59.7 Å². The van der Waals surface area contributed by atoms with Gasteiger partial charge in [-0.25, -0.2) is 4.79 Å². The van der Waals surface area contributed by atoms with Gasteiger partial charge in [0.15, 0.2) is 0 Å². The lowest BCUT2D eigenvalue weighted by molar-refractivity contribution is -0.192. The molecule has 0 bridgehead atoms. The van der Waals surface area contributed by atoms with Crippen molar-refractivity contribution in [2.75, 3.05) is 138 Å². The molecule has 2 rings (SSSR count). The maximum Gasteiger partial charge on any atom is 0.490 e. The van der Waals surface area contributed by atoms with Gasteiger partial charge in [0.05, 0.1) is 79.3 Å². The summed E-state index contributed by atoms with van der Waals surface area (Å²) in [5.74, 6) is -5.05. The zero-order valence-electron chi connectivity index (χ0n) is 64.4. The van der Waals surface area contributed by atoms with Crippen molar-refractivity contribution in [3.63, 3.8) is 0 Å². The smallest absolute Gasteiger partial charge is 0.475 e. The molecule has 0 unspecified atom stereocenters. The minimum absolute atomic E-state index is 0.0296. The number of benzene rings is 2. The first kappa shape index (κ1) is 101. The van der Waals surface area contributed by atoms with Crippen LogP contribution in [0.25, 0.3) is 0 Å². The predicted octanol–water partition coefficient (Wildman–Crippen LogP) is 4.51. The van der Waals surface area contributed by atoms with Crippen LogP contribution in [0, 0.1) is 0 Å². The number of hydrogen-bond acceptors (Lipinski definition) is 22. The Kier molecular flexibility index (Phi) is 62.1. The maximum absolute atomic E-state index is 13.3. The van der Waals surface area contributed by atoms with Crippen LogP contribution in [-0.2, 0) is 104 Å². The van der Waals surface area contributed by atoms with Crippen LogP contribution in [0.2, 0.25) is 0 Å². The SMILES string of the molecule is CCCCNC(=O)CCOCC(COCCC(=O)NCCCC)(COCCC(=O)NCCCC)NC(=O)CCCCC(=O)OCc1ccccc1.NCCCNC(=O)CCOCC(COCCC(=O)NCCCN)(COCCC(=O)NCCCN)NC(=O)CCCCC(=O)OCc1ccccc1.O=C(O)C(F)(F)F. The summed E-state index contributed by atoms with van der Waals surface area (Å²) in [5, 5.41) is 30.0. The number of alkyl halides is 3. The Morgan fingerprint density at radius 1 is 0.339 bits per heavy atom. The third-order valence-electron chi connectivity index (χ3n) is 15.4. The lowest BCUT2D eigenvalue weighted by Gasteiger charge is -2.34. The molecule has 0 heterocycles. The molecule has 0 saturated heterocycles. The van der Waals surface area contributed by atoms with E-state index in [1.807, 2.05) is 81.4 Å². The predicted molar refractivity (Wildman–Crippen MR) is 401 cm³/mol. The highest BCUT2D eigenvalue weighted by Gasteiger charge is 2.39. The van der Waals surface area contributed by atoms with Crippen LogP contribution in [0.4, 0.5) is 13.2 Å². The molecule has 109 heavy (non-hydrogen) atoms. The fourth-order valence-corrected chi connectivity index (χ4v) is 9.24. The molecule has 2 aromatic rings. The Labute approximate surface area is 640 Å². The van der Waals surface area contributed by atoms with Crippen LogP contribution in [0.5, 0.6) is 0 Å². The highest BCUT2D eigenvalue weighted by molar-refractivity contribution is 5.79. The van der Waals surface area contributed by atoms with Gasteiger partial charge in [0.25, 0.3) is 0 Å². The topological polar surface area (TPSA) is 456 Å². The lowest BCUT2D eigenvalue weighted by atomic mass is 10.0. The van der Waals surface area contributed by atoms with Crippen molar-refractivity contribution in [2.45, 2.75) is 199 Å². The molecule has 622 valence electrons. The number of carbonyl (C=O) groups is 11. The number of ether oxygens (including phenoxy) is 8. The van der Waals surface area contributed by atoms with Gasteiger partial charge in [0.2, 0.25) is 47.3 Å². The number of nitrogens with two attached hydrogens (primary N) is 3. The number of hydrogen-bond donors (Lipinski definition) is 12. The molecule has 8 amide bonds. The molecular weight excluding hydrogens is 1430 g/mol. The van der Waals surface area contributed by atoms with Gasteiger partial charge in [-0.05, 0) is 95.0 Å². The summed E-state index contributed by atoms with van der Waals surface area (Å²) in [6.45, 7) is 11.3. The molecule has 0 saturated carbocycles. The number of unbranched alkanes of at least 4 members (excludes halogenated alkanes) is 5. The minimum Gasteiger partial charge on any atom is -0.475 e. The lowest BCUT2D eigenvalue weighted by Crippen LogP contribution is -2.58. The van der Waals surface area contributed by atoms with Crippen LogP contribution in [0.1, 0.15) is 180 Å². The van der Waals surface area contributed by atoms with Gasteiger partial charge in [0.1, 0.15) is 24.3 Å². The van der Waals surface area contributed by atoms with E-state index >= 15 is 0 Å². The zero-order valence-corrected chi connectivity index (χ0v) is 64.4. The van der Waals surface area contributed by atoms with E-state index in [9.17, 15) is 61.1 Å². The van der Waals surface area contributed by atoms with E-state index in [0.717, 1.165) is 49.7 Å². The molecule has 0 aromatic heterocycles. The fraction of sp³-hybridized carbons (Fsp3) is 0.693. The monoisotopic (exact) mass is 1560 g/mol. The van der Waals surface area contributed by atoms with Crippen LogP contribution >= 0.6 is 0 Å². The quantitative estimate of drug-likeness (QED) is 0.0320. The second kappa shape index (κ2) is 67.0. The van der Waals surface area contributed by atoms with Gasteiger partial charge >= 0.3 is 24.1 Å². The average molecular weight is 1560 g/mol. The molecule has 15 N–H and O–H groups in total. The summed E-state index contributed by atoms with van der Waals surface area (Å²) in [5.41, 5.74) is 15.9. The van der Waals surface area contributed by atoms with Crippen molar-refractivity contribution in [1.29, 1.82) is 0 Å². The Balaban J connectivity index is 0.00000196. The summed E-state index contributed by atoms with van der Waals surface area (Å²) in [7, 11) is 0. The van der Waals surface area contributed by atoms with E-state index in [1.165, 1.54) is 0 Å². The second-order valence-corrected chi connectivity index (χ2v) is 25.6. The Bertz CT molecular complexity index is 2470. The van der Waals surface area contributed by atoms with Gasteiger partial charge in [0, 0.05) is 103 Å². The van der Waals surface area contributed by atoms with Crippen molar-refractivity contribution in [3.05, 3.63) is 71.8 Å². The summed E-state index contributed by atoms with van der Waals surface area (Å²) < 4.78 is 77.8. The minimum atomic E-state index is -5.08. The van der Waals surface area contributed by atoms with E-state index in [2.05, 4.69) is 42.5 Å². The van der Waals surface area contributed by atoms with Crippen molar-refractivity contribution in [1.82, 2.24) is 42.5 Å². The van der Waals surface area contributed by atoms with Gasteiger partial charge in [-0.2, -0.15) is 13.2 Å². The molecular formula is C75H126F3N11O20. The fourth-order valence-electron chi connectivity index (χ4n) is 9.24. The highest BCUT2D eigenvalue weighted by atomic mass is 19.4. The van der Waals surface area contributed by atoms with Crippen molar-refractivity contribution < 1.29 is 109 Å². The molecule has 0 aliphatic carbocycles. The van der Waals surface area contributed by atoms with E-state index in [1.54, 1.807) is 0 Å². The third kappa shape index (κ3) is 60.5. The number of aliphatic carboxylic acids is 1. The van der Waals surface area contributed by atoms with Crippen LogP contribution in [-0.4, -0.2) is 226 Å². The standard InChI is InChI=1S/C38H64N4O9.C35H61N7O9.C2HF3O2/c1-4-7-22-39-33(43)19-25-48-29-38(30-49-26-20-34(44)40-23-8-5-2,31-50-27-21-35(45)41-24-9-6-3)42-36(46)17-13-14-18-37(47)51-28-32-15-11-10-12-16-32;36-16-6-19-39-30(43)13-22-48-26-35(27-49-23-14-31(44)40-20-7-17-37,28-50-24-15-32(45)41-21-8-18-38)42-33(46)11-4-5-12-34(47)51-25-29-9-2-1-3-10-29;3-2(4,5)1(6)7/h10-12,15-16H,4-9,13-14,17-31H2,1-3H3,(H,39,43)(H,40,44)(H,41,45)(H,42,46);1-3,9-10H,4-8,11-28,36-38H2,(H,39,43)(H,40,44)(H,41,45)(H,42,46);(H,6,7). The molecule has 2 aromatic carbocycles. The Morgan fingerprint density at radius 2 is 0.569 bits per heavy atom. The summed E-state index contributed by atoms with van der Waals surface area (Å²) in [6.07, 6.45) is 5.48. The van der Waals surface area contributed by atoms with Crippen molar-refractivity contribution in [2.24, 2.45) is 17.2 Å². The highest BCUT2D eigenvalue weighted by Crippen LogP contribution is 2.17. The number of rotatable bonds is 64. The largest absolute Gasteiger partial charge is 0.490 e. The van der Waals surface area contributed by atoms with E-state index in [0.29, 0.717) is 104 Å². The number of halogens is 3. The third-order valence-corrected chi connectivity index (χ3v) is 15.4. The summed E-state index contributed by atoms with van der Waals surface area (Å²) >= 11 is 0. The van der Waals surface area contributed by atoms with Crippen LogP contribution in [0.15, 0.2) is 60.7 Å². The van der Waals surface area contributed by atoms with E-state index in [-0.39, 0.29) is 216 Å². The first-order chi connectivity index (χ1) is 52.4. The maximum atomic E-state index is 13.3. The van der Waals surface area contributed by atoms with Gasteiger partial charge in [-0.1, -0.05) is 101 Å². The molecule has 0 aliphatic heterocycles. The molecule has 0 aliphatic rings. The number of carboxylic acids is 1. The Morgan fingerprint density at radius 3 is 0.789 bits per heavy atom. The van der Waals surface area contributed by atoms with Gasteiger partial charge in [-0.3, -0.25) is 47.9 Å². The molecule has 31 nitrogen and oxygen atoms in total. The molecule has 0 atom stereocenters. The second-order valence-electron chi connectivity index (χ2n) is 25.6. The van der Waals surface area contributed by atoms with Gasteiger partial charge < -0.3 is 103 Å². The zero-order chi connectivity index (χ0) is 80.9.